The number of halogens is 1. The molecule has 0 rings (SSSR count). The number of rotatable bonds is 0. The molecule has 2 heteroatoms. The van der Waals surface area contributed by atoms with Crippen molar-refractivity contribution >= 4 is 31.3 Å². The van der Waals surface area contributed by atoms with Crippen molar-refractivity contribution < 1.29 is 0 Å². The third-order valence-corrected chi connectivity index (χ3v) is 7.79. The molecule has 0 saturated carbocycles. The first-order valence-electron chi connectivity index (χ1n) is 2.75. The van der Waals surface area contributed by atoms with Crippen LogP contribution in [0.2, 0.25) is 15.8 Å². The van der Waals surface area contributed by atoms with E-state index in [0.29, 0.717) is 4.25 Å². The van der Waals surface area contributed by atoms with Crippen molar-refractivity contribution in [1.82, 2.24) is 0 Å². The quantitative estimate of drug-likeness (QED) is 0.571. The fourth-order valence-corrected chi connectivity index (χ4v) is 0. The summed E-state index contributed by atoms with van der Waals surface area (Å²) < 4.78 is 0.667. The van der Waals surface area contributed by atoms with E-state index in [-0.39, 0.29) is 17.0 Å². The SMILES string of the molecule is Br.[CH3][Ge]([CH3])[C](C)(C)C. The molecular formula is C6H16BrGe. The van der Waals surface area contributed by atoms with Crippen LogP contribution >= 0.6 is 17.0 Å². The molecule has 0 atom stereocenters. The summed E-state index contributed by atoms with van der Waals surface area (Å²) in [7, 11) is 0. The van der Waals surface area contributed by atoms with Crippen molar-refractivity contribution in [2.75, 3.05) is 0 Å². The molecule has 8 heavy (non-hydrogen) atoms. The Hall–Kier alpha value is 1.02. The van der Waals surface area contributed by atoms with Crippen LogP contribution in [0.4, 0.5) is 0 Å². The van der Waals surface area contributed by atoms with Crippen LogP contribution in [0.3, 0.4) is 0 Å². The topological polar surface area (TPSA) is 0 Å². The second-order valence-corrected chi connectivity index (χ2v) is 10.6. The van der Waals surface area contributed by atoms with Gasteiger partial charge in [0.15, 0.2) is 0 Å². The van der Waals surface area contributed by atoms with Gasteiger partial charge in [-0.1, -0.05) is 0 Å². The average Bonchev–Trinajstić information content (AvgIpc) is 1.31. The van der Waals surface area contributed by atoms with Gasteiger partial charge >= 0.3 is 50.9 Å². The molecule has 0 fully saturated rings. The van der Waals surface area contributed by atoms with Crippen LogP contribution in [-0.2, 0) is 0 Å². The standard InChI is InChI=1S/C6H15Ge.BrH/c1-6(2,3)7(4)5;/h1-5H3;1H. The van der Waals surface area contributed by atoms with Gasteiger partial charge in [-0.05, 0) is 0 Å². The molecule has 0 aromatic carbocycles. The first kappa shape index (κ1) is 11.8. The van der Waals surface area contributed by atoms with Gasteiger partial charge in [-0.2, -0.15) is 0 Å². The van der Waals surface area contributed by atoms with Gasteiger partial charge in [-0.3, -0.25) is 0 Å². The van der Waals surface area contributed by atoms with Gasteiger partial charge < -0.3 is 0 Å². The first-order chi connectivity index (χ1) is 2.94. The molecule has 0 heterocycles. The Morgan fingerprint density at radius 2 is 1.12 bits per heavy atom. The predicted octanol–water partition coefficient (Wildman–Crippen LogP) is 3.12. The summed E-state index contributed by atoms with van der Waals surface area (Å²) in [6.07, 6.45) is 0. The first-order valence-corrected chi connectivity index (χ1v) is 8.00. The van der Waals surface area contributed by atoms with Gasteiger partial charge in [0.2, 0.25) is 0 Å². The Labute approximate surface area is 67.9 Å². The summed E-state index contributed by atoms with van der Waals surface area (Å²) in [6, 6.07) is 0. The molecule has 0 saturated heterocycles. The van der Waals surface area contributed by atoms with Gasteiger partial charge in [0, 0.05) is 0 Å². The molecule has 0 aliphatic rings. The van der Waals surface area contributed by atoms with Crippen LogP contribution < -0.4 is 0 Å². The number of hydrogen-bond donors (Lipinski definition) is 0. The fraction of sp³-hybridized carbons (Fsp3) is 1.00. The van der Waals surface area contributed by atoms with Crippen molar-refractivity contribution in [1.29, 1.82) is 0 Å². The maximum atomic E-state index is 2.42. The van der Waals surface area contributed by atoms with E-state index in [1.54, 1.807) is 0 Å². The molecule has 0 aliphatic carbocycles. The van der Waals surface area contributed by atoms with Gasteiger partial charge in [-0.25, -0.2) is 0 Å². The molecule has 0 N–H and O–H groups in total. The summed E-state index contributed by atoms with van der Waals surface area (Å²) in [4.78, 5) is 0. The average molecular weight is 241 g/mol. The molecule has 0 aromatic rings. The molecule has 51 valence electrons. The van der Waals surface area contributed by atoms with E-state index in [2.05, 4.69) is 32.3 Å². The van der Waals surface area contributed by atoms with Crippen LogP contribution in [0.15, 0.2) is 0 Å². The molecule has 0 bridgehead atoms. The molecule has 0 unspecified atom stereocenters. The predicted molar refractivity (Wildman–Crippen MR) is 47.5 cm³/mol. The van der Waals surface area contributed by atoms with E-state index in [0.717, 1.165) is 0 Å². The van der Waals surface area contributed by atoms with Crippen LogP contribution in [0.1, 0.15) is 20.8 Å². The van der Waals surface area contributed by atoms with Gasteiger partial charge in [0.1, 0.15) is 0 Å². The van der Waals surface area contributed by atoms with Crippen molar-refractivity contribution in [2.45, 2.75) is 36.5 Å². The second kappa shape index (κ2) is 3.94. The third-order valence-electron chi connectivity index (χ3n) is 1.50. The van der Waals surface area contributed by atoms with E-state index < -0.39 is 14.3 Å². The van der Waals surface area contributed by atoms with Crippen LogP contribution in [0, 0.1) is 0 Å². The zero-order valence-electron chi connectivity index (χ0n) is 6.41. The summed E-state index contributed by atoms with van der Waals surface area (Å²) in [5.74, 6) is 4.83. The van der Waals surface area contributed by atoms with E-state index >= 15 is 0 Å². The van der Waals surface area contributed by atoms with Gasteiger partial charge in [0.25, 0.3) is 0 Å². The zero-order chi connectivity index (χ0) is 6.08. The fourth-order valence-electron chi connectivity index (χ4n) is 0. The molecular weight excluding hydrogens is 225 g/mol. The molecule has 0 amide bonds. The Kier molecular flexibility index (Phi) is 5.80. The Bertz CT molecular complexity index is 54.0. The van der Waals surface area contributed by atoms with Gasteiger partial charge in [-0.15, -0.1) is 17.0 Å². The zero-order valence-corrected chi connectivity index (χ0v) is 10.2. The maximum absolute atomic E-state index is 2.42. The normalized spacial score (nSPS) is 11.2. The minimum atomic E-state index is -0.590. The molecule has 0 spiro atoms. The van der Waals surface area contributed by atoms with E-state index in [1.807, 2.05) is 0 Å². The van der Waals surface area contributed by atoms with Crippen molar-refractivity contribution in [3.05, 3.63) is 0 Å². The second-order valence-electron chi connectivity index (χ2n) is 3.25. The van der Waals surface area contributed by atoms with Crippen LogP contribution in [0.5, 0.6) is 0 Å². The summed E-state index contributed by atoms with van der Waals surface area (Å²) in [6.45, 7) is 7.01. The van der Waals surface area contributed by atoms with Crippen molar-refractivity contribution in [3.8, 4) is 0 Å². The van der Waals surface area contributed by atoms with E-state index in [4.69, 9.17) is 0 Å². The molecule has 0 nitrogen and oxygen atoms in total. The Balaban J connectivity index is 0. The summed E-state index contributed by atoms with van der Waals surface area (Å²) in [5.41, 5.74) is 0. The van der Waals surface area contributed by atoms with Crippen LogP contribution in [0.25, 0.3) is 0 Å². The Morgan fingerprint density at radius 3 is 1.12 bits per heavy atom. The molecule has 0 aliphatic heterocycles. The minimum absolute atomic E-state index is 0. The molecule has 0 aromatic heterocycles. The van der Waals surface area contributed by atoms with E-state index in [9.17, 15) is 0 Å². The third kappa shape index (κ3) is 5.17. The summed E-state index contributed by atoms with van der Waals surface area (Å²) >= 11 is -0.590. The monoisotopic (exact) mass is 241 g/mol. The van der Waals surface area contributed by atoms with Crippen LogP contribution in [-0.4, -0.2) is 14.3 Å². The summed E-state index contributed by atoms with van der Waals surface area (Å²) in [5, 5.41) is 0. The van der Waals surface area contributed by atoms with Gasteiger partial charge in [0.05, 0.1) is 0 Å². The van der Waals surface area contributed by atoms with Crippen molar-refractivity contribution in [3.63, 3.8) is 0 Å². The van der Waals surface area contributed by atoms with Crippen molar-refractivity contribution in [2.24, 2.45) is 0 Å². The number of hydrogen-bond acceptors (Lipinski definition) is 0. The Morgan fingerprint density at radius 1 is 1.00 bits per heavy atom. The van der Waals surface area contributed by atoms with E-state index in [1.165, 1.54) is 0 Å². The molecule has 1 radical (unpaired) electrons.